The average Bonchev–Trinajstić information content (AvgIpc) is 3.35. The Morgan fingerprint density at radius 3 is 2.67 bits per heavy atom. The number of carbonyl (C=O) groups is 3. The van der Waals surface area contributed by atoms with Crippen LogP contribution in [0, 0.1) is 0 Å². The number of nitrogens with one attached hydrogen (secondary N) is 2. The Morgan fingerprint density at radius 1 is 1.20 bits per heavy atom. The number of carboxylic acid groups (broad SMARTS) is 1. The van der Waals surface area contributed by atoms with Crippen molar-refractivity contribution in [2.24, 2.45) is 0 Å². The van der Waals surface area contributed by atoms with Crippen LogP contribution < -0.4 is 15.4 Å². The monoisotopic (exact) mass is 412 g/mol. The van der Waals surface area contributed by atoms with Gasteiger partial charge in [0, 0.05) is 24.5 Å². The summed E-state index contributed by atoms with van der Waals surface area (Å²) in [7, 11) is 1.53. The zero-order chi connectivity index (χ0) is 21.7. The summed E-state index contributed by atoms with van der Waals surface area (Å²) < 4.78 is 7.80. The van der Waals surface area contributed by atoms with Crippen LogP contribution in [0.25, 0.3) is 0 Å². The van der Waals surface area contributed by atoms with E-state index in [1.54, 1.807) is 24.3 Å². The molecule has 2 aromatic heterocycles. The van der Waals surface area contributed by atoms with E-state index in [1.807, 2.05) is 6.92 Å². The standard InChI is InChI=1S/C19H20N6O5/c1-3-25-17(18(27)21-12-5-4-6-13(9-12)30-2)15(10-20-25)22-16(26)11-24-8-7-14(23-24)19(28)29/h4-10H,3,11H2,1-2H3,(H,21,27)(H,22,26)(H,28,29). The lowest BCUT2D eigenvalue weighted by molar-refractivity contribution is -0.116. The van der Waals surface area contributed by atoms with Gasteiger partial charge in [0.25, 0.3) is 5.91 Å². The van der Waals surface area contributed by atoms with Gasteiger partial charge in [-0.05, 0) is 25.1 Å². The molecule has 2 heterocycles. The number of carbonyl (C=O) groups excluding carboxylic acids is 2. The average molecular weight is 412 g/mol. The topological polar surface area (TPSA) is 140 Å². The third-order valence-corrected chi connectivity index (χ3v) is 4.12. The van der Waals surface area contributed by atoms with E-state index in [-0.39, 0.29) is 23.6 Å². The minimum absolute atomic E-state index is 0.167. The minimum atomic E-state index is -1.19. The lowest BCUT2D eigenvalue weighted by Gasteiger charge is -2.11. The number of methoxy groups -OCH3 is 1. The molecule has 0 fully saturated rings. The maximum absolute atomic E-state index is 12.8. The zero-order valence-corrected chi connectivity index (χ0v) is 16.3. The van der Waals surface area contributed by atoms with Crippen molar-refractivity contribution in [1.82, 2.24) is 19.6 Å². The predicted molar refractivity (Wildman–Crippen MR) is 107 cm³/mol. The van der Waals surface area contributed by atoms with E-state index in [0.29, 0.717) is 18.0 Å². The molecule has 0 aliphatic carbocycles. The second kappa shape index (κ2) is 8.90. The van der Waals surface area contributed by atoms with Crippen molar-refractivity contribution >= 4 is 29.2 Å². The van der Waals surface area contributed by atoms with Gasteiger partial charge in [0.05, 0.1) is 19.0 Å². The Morgan fingerprint density at radius 2 is 2.00 bits per heavy atom. The van der Waals surface area contributed by atoms with E-state index < -0.39 is 17.8 Å². The quantitative estimate of drug-likeness (QED) is 0.511. The van der Waals surface area contributed by atoms with Gasteiger partial charge in [-0.15, -0.1) is 0 Å². The van der Waals surface area contributed by atoms with Gasteiger partial charge < -0.3 is 20.5 Å². The molecule has 0 saturated carbocycles. The third-order valence-electron chi connectivity index (χ3n) is 4.12. The largest absolute Gasteiger partial charge is 0.497 e. The first-order chi connectivity index (χ1) is 14.4. The summed E-state index contributed by atoms with van der Waals surface area (Å²) in [4.78, 5) is 36.1. The van der Waals surface area contributed by atoms with E-state index >= 15 is 0 Å². The maximum Gasteiger partial charge on any atom is 0.356 e. The Labute approximate surface area is 171 Å². The normalized spacial score (nSPS) is 10.5. The highest BCUT2D eigenvalue weighted by atomic mass is 16.5. The molecule has 3 N–H and O–H groups in total. The molecule has 0 aliphatic heterocycles. The summed E-state index contributed by atoms with van der Waals surface area (Å²) in [6.07, 6.45) is 2.77. The summed E-state index contributed by atoms with van der Waals surface area (Å²) >= 11 is 0. The number of benzene rings is 1. The van der Waals surface area contributed by atoms with Crippen molar-refractivity contribution < 1.29 is 24.2 Å². The number of amides is 2. The number of ether oxygens (including phenoxy) is 1. The van der Waals surface area contributed by atoms with Crippen LogP contribution in [0.2, 0.25) is 0 Å². The minimum Gasteiger partial charge on any atom is -0.497 e. The Bertz CT molecular complexity index is 1090. The summed E-state index contributed by atoms with van der Waals surface area (Å²) in [5.41, 5.74) is 0.770. The Balaban J connectivity index is 1.75. The van der Waals surface area contributed by atoms with Gasteiger partial charge in [0.2, 0.25) is 5.91 Å². The van der Waals surface area contributed by atoms with E-state index in [4.69, 9.17) is 9.84 Å². The van der Waals surface area contributed by atoms with Crippen LogP contribution in [0.5, 0.6) is 5.75 Å². The number of aryl methyl sites for hydroxylation is 1. The SMILES string of the molecule is CCn1ncc(NC(=O)Cn2ccc(C(=O)O)n2)c1C(=O)Nc1cccc(OC)c1. The Hall–Kier alpha value is -4.15. The molecule has 156 valence electrons. The van der Waals surface area contributed by atoms with Crippen molar-refractivity contribution in [2.75, 3.05) is 17.7 Å². The van der Waals surface area contributed by atoms with Gasteiger partial charge in [0.1, 0.15) is 18.0 Å². The summed E-state index contributed by atoms with van der Waals surface area (Å²) in [6.45, 7) is 2.01. The fraction of sp³-hybridized carbons (Fsp3) is 0.211. The summed E-state index contributed by atoms with van der Waals surface area (Å²) in [6, 6.07) is 8.16. The predicted octanol–water partition coefficient (Wildman–Crippen LogP) is 1.70. The van der Waals surface area contributed by atoms with Crippen LogP contribution in [0.3, 0.4) is 0 Å². The van der Waals surface area contributed by atoms with Crippen molar-refractivity contribution in [3.8, 4) is 5.75 Å². The molecule has 1 aromatic carbocycles. The maximum atomic E-state index is 12.8. The van der Waals surface area contributed by atoms with Crippen molar-refractivity contribution in [3.63, 3.8) is 0 Å². The van der Waals surface area contributed by atoms with Crippen LogP contribution >= 0.6 is 0 Å². The van der Waals surface area contributed by atoms with Gasteiger partial charge in [-0.1, -0.05) is 6.07 Å². The zero-order valence-electron chi connectivity index (χ0n) is 16.3. The lowest BCUT2D eigenvalue weighted by Crippen LogP contribution is -2.23. The molecule has 0 unspecified atom stereocenters. The van der Waals surface area contributed by atoms with Crippen LogP contribution in [0.1, 0.15) is 27.9 Å². The molecule has 0 atom stereocenters. The molecular weight excluding hydrogens is 392 g/mol. The molecule has 0 aliphatic rings. The second-order valence-corrected chi connectivity index (χ2v) is 6.16. The fourth-order valence-electron chi connectivity index (χ4n) is 2.75. The number of rotatable bonds is 8. The van der Waals surface area contributed by atoms with Gasteiger partial charge >= 0.3 is 5.97 Å². The molecule has 3 aromatic rings. The number of anilines is 2. The number of aromatic carboxylic acids is 1. The smallest absolute Gasteiger partial charge is 0.356 e. The second-order valence-electron chi connectivity index (χ2n) is 6.16. The molecule has 30 heavy (non-hydrogen) atoms. The van der Waals surface area contributed by atoms with Crippen LogP contribution in [-0.2, 0) is 17.9 Å². The first-order valence-electron chi connectivity index (χ1n) is 8.99. The molecule has 0 saturated heterocycles. The van der Waals surface area contributed by atoms with Gasteiger partial charge in [0.15, 0.2) is 5.69 Å². The number of carboxylic acids is 1. The van der Waals surface area contributed by atoms with E-state index in [1.165, 1.54) is 34.9 Å². The highest BCUT2D eigenvalue weighted by molar-refractivity contribution is 6.09. The first-order valence-corrected chi connectivity index (χ1v) is 8.99. The van der Waals surface area contributed by atoms with Crippen LogP contribution in [-0.4, -0.2) is 49.6 Å². The highest BCUT2D eigenvalue weighted by Crippen LogP contribution is 2.20. The molecular formula is C19H20N6O5. The summed E-state index contributed by atoms with van der Waals surface area (Å²) in [5, 5.41) is 22.2. The van der Waals surface area contributed by atoms with Crippen LogP contribution in [0.4, 0.5) is 11.4 Å². The molecule has 0 bridgehead atoms. The van der Waals surface area contributed by atoms with Crippen LogP contribution in [0.15, 0.2) is 42.7 Å². The van der Waals surface area contributed by atoms with Crippen molar-refractivity contribution in [3.05, 3.63) is 54.1 Å². The molecule has 0 radical (unpaired) electrons. The van der Waals surface area contributed by atoms with E-state index in [2.05, 4.69) is 20.8 Å². The molecule has 2 amide bonds. The number of aromatic nitrogens is 4. The van der Waals surface area contributed by atoms with Gasteiger partial charge in [-0.25, -0.2) is 4.79 Å². The summed E-state index contributed by atoms with van der Waals surface area (Å²) in [5.74, 6) is -1.54. The third kappa shape index (κ3) is 4.63. The number of nitrogens with zero attached hydrogens (tertiary/aromatic N) is 4. The van der Waals surface area contributed by atoms with Crippen molar-refractivity contribution in [2.45, 2.75) is 20.0 Å². The van der Waals surface area contributed by atoms with Gasteiger partial charge in [-0.3, -0.25) is 19.0 Å². The number of hydrogen-bond donors (Lipinski definition) is 3. The number of hydrogen-bond acceptors (Lipinski definition) is 6. The molecule has 11 heteroatoms. The molecule has 3 rings (SSSR count). The van der Waals surface area contributed by atoms with Crippen molar-refractivity contribution in [1.29, 1.82) is 0 Å². The first kappa shape index (κ1) is 20.6. The van der Waals surface area contributed by atoms with Gasteiger partial charge in [-0.2, -0.15) is 10.2 Å². The highest BCUT2D eigenvalue weighted by Gasteiger charge is 2.20. The fourth-order valence-corrected chi connectivity index (χ4v) is 2.75. The van der Waals surface area contributed by atoms with E-state index in [0.717, 1.165) is 0 Å². The lowest BCUT2D eigenvalue weighted by atomic mass is 10.2. The Kier molecular flexibility index (Phi) is 6.11. The molecule has 0 spiro atoms. The van der Waals surface area contributed by atoms with E-state index in [9.17, 15) is 14.4 Å². The molecule has 11 nitrogen and oxygen atoms in total.